The second-order valence-electron chi connectivity index (χ2n) is 9.65. The molecule has 0 aromatic heterocycles. The predicted octanol–water partition coefficient (Wildman–Crippen LogP) is 2.24. The number of amides is 1. The Labute approximate surface area is 207 Å². The van der Waals surface area contributed by atoms with Crippen molar-refractivity contribution in [3.63, 3.8) is 0 Å². The molecule has 0 saturated heterocycles. The number of ether oxygens (including phenoxy) is 1. The number of unbranched alkanes of at least 4 members (excludes halogenated alkanes) is 2. The van der Waals surface area contributed by atoms with E-state index in [1.165, 1.54) is 6.07 Å². The predicted molar refractivity (Wildman–Crippen MR) is 125 cm³/mol. The van der Waals surface area contributed by atoms with Crippen LogP contribution in [-0.4, -0.2) is 55.6 Å². The molecule has 0 aliphatic heterocycles. The topological polar surface area (TPSA) is 184 Å². The van der Waals surface area contributed by atoms with Gasteiger partial charge in [-0.3, -0.25) is 19.2 Å². The number of aliphatic hydroxyl groups is 3. The van der Waals surface area contributed by atoms with Crippen molar-refractivity contribution in [1.82, 2.24) is 0 Å². The minimum Gasteiger partial charge on any atom is -0.511 e. The number of benzene rings is 1. The standard InChI is InChI=1S/C26H29NO9/c1-3-4-5-9-16(30)36-22-13-10-15(29)19(25(27)34)23(32)26(13,35)24(33)20-17(22)11(2)12-7-6-8-14(28)18(12)21(20)31/h6-8,11,13,17,22,28-29,33,35H,3-5,9-10H2,1-2H3,(H2,27,34)/t11-,13+,17+,22+,26+/m0/s1. The summed E-state index contributed by atoms with van der Waals surface area (Å²) in [4.78, 5) is 51.6. The number of hydrogen-bond acceptors (Lipinski definition) is 9. The number of esters is 1. The van der Waals surface area contributed by atoms with Crippen molar-refractivity contribution in [2.45, 2.75) is 63.6 Å². The van der Waals surface area contributed by atoms with E-state index in [0.717, 1.165) is 12.8 Å². The summed E-state index contributed by atoms with van der Waals surface area (Å²) in [6.07, 6.45) is 0.400. The Morgan fingerprint density at radius 2 is 1.86 bits per heavy atom. The molecule has 0 saturated carbocycles. The normalized spacial score (nSPS) is 29.4. The zero-order valence-corrected chi connectivity index (χ0v) is 20.0. The molecule has 0 spiro atoms. The molecule has 36 heavy (non-hydrogen) atoms. The second-order valence-corrected chi connectivity index (χ2v) is 9.65. The molecule has 0 bridgehead atoms. The van der Waals surface area contributed by atoms with Gasteiger partial charge in [-0.15, -0.1) is 0 Å². The van der Waals surface area contributed by atoms with Crippen LogP contribution in [0.5, 0.6) is 5.75 Å². The van der Waals surface area contributed by atoms with Crippen LogP contribution in [0, 0.1) is 11.8 Å². The number of phenolic OH excluding ortho intramolecular Hbond substituents is 1. The third-order valence-electron chi connectivity index (χ3n) is 7.59. The first kappa shape index (κ1) is 25.4. The van der Waals surface area contributed by atoms with Gasteiger partial charge in [-0.25, -0.2) is 0 Å². The summed E-state index contributed by atoms with van der Waals surface area (Å²) >= 11 is 0. The van der Waals surface area contributed by atoms with Gasteiger partial charge in [0.1, 0.15) is 28.9 Å². The van der Waals surface area contributed by atoms with Crippen LogP contribution in [0.1, 0.15) is 67.8 Å². The SMILES string of the molecule is CCCCCC(=O)O[C@H]1[C@H]2C(=C(O)[C@]3(O)C(=O)C(C(N)=O)=C(O)C[C@H]13)C(=O)c1c(O)cccc1[C@@H]2C. The lowest BCUT2D eigenvalue weighted by Crippen LogP contribution is -2.63. The van der Waals surface area contributed by atoms with Crippen LogP contribution >= 0.6 is 0 Å². The summed E-state index contributed by atoms with van der Waals surface area (Å²) in [5.74, 6) is -9.21. The molecule has 0 radical (unpaired) electrons. The Kier molecular flexibility index (Phi) is 6.42. The van der Waals surface area contributed by atoms with Crippen LogP contribution in [0.2, 0.25) is 0 Å². The van der Waals surface area contributed by atoms with E-state index in [1.54, 1.807) is 19.1 Å². The average molecular weight is 500 g/mol. The molecule has 10 heteroatoms. The Hall–Kier alpha value is -3.66. The molecule has 1 amide bonds. The smallest absolute Gasteiger partial charge is 0.306 e. The number of hydrogen-bond donors (Lipinski definition) is 5. The number of ketones is 2. The maximum Gasteiger partial charge on any atom is 0.306 e. The fourth-order valence-corrected chi connectivity index (χ4v) is 5.81. The van der Waals surface area contributed by atoms with Gasteiger partial charge in [-0.1, -0.05) is 38.8 Å². The van der Waals surface area contributed by atoms with Crippen molar-refractivity contribution in [2.75, 3.05) is 0 Å². The van der Waals surface area contributed by atoms with Crippen LogP contribution in [0.15, 0.2) is 40.9 Å². The van der Waals surface area contributed by atoms with Crippen molar-refractivity contribution in [2.24, 2.45) is 17.6 Å². The fraction of sp³-hybridized carbons (Fsp3) is 0.462. The highest BCUT2D eigenvalue weighted by atomic mass is 16.5. The number of nitrogens with two attached hydrogens (primary N) is 1. The van der Waals surface area contributed by atoms with Gasteiger partial charge in [0.05, 0.1) is 5.56 Å². The summed E-state index contributed by atoms with van der Waals surface area (Å²) in [5.41, 5.74) is 1.45. The first-order valence-electron chi connectivity index (χ1n) is 11.9. The fourth-order valence-electron chi connectivity index (χ4n) is 5.81. The lowest BCUT2D eigenvalue weighted by atomic mass is 9.56. The summed E-state index contributed by atoms with van der Waals surface area (Å²) < 4.78 is 5.79. The third kappa shape index (κ3) is 3.59. The summed E-state index contributed by atoms with van der Waals surface area (Å²) in [5, 5.41) is 43.8. The van der Waals surface area contributed by atoms with E-state index in [-0.39, 0.29) is 23.3 Å². The number of rotatable bonds is 6. The van der Waals surface area contributed by atoms with Gasteiger partial charge in [-0.05, 0) is 24.0 Å². The lowest BCUT2D eigenvalue weighted by molar-refractivity contribution is -0.174. The van der Waals surface area contributed by atoms with E-state index in [1.807, 2.05) is 6.92 Å². The van der Waals surface area contributed by atoms with E-state index in [4.69, 9.17) is 10.5 Å². The maximum atomic E-state index is 13.6. The largest absolute Gasteiger partial charge is 0.511 e. The molecule has 0 fully saturated rings. The van der Waals surface area contributed by atoms with Gasteiger partial charge in [0.25, 0.3) is 5.91 Å². The quantitative estimate of drug-likeness (QED) is 0.222. The first-order valence-corrected chi connectivity index (χ1v) is 11.9. The number of aliphatic hydroxyl groups excluding tert-OH is 2. The number of Topliss-reactive ketones (excluding diaryl/α,β-unsaturated/α-hetero) is 2. The van der Waals surface area contributed by atoms with E-state index < -0.39 is 76.4 Å². The summed E-state index contributed by atoms with van der Waals surface area (Å²) in [6.45, 7) is 3.67. The number of primary amides is 1. The van der Waals surface area contributed by atoms with Gasteiger partial charge in [0, 0.05) is 30.3 Å². The number of aromatic hydroxyl groups is 1. The molecule has 0 unspecified atom stereocenters. The minimum atomic E-state index is -2.85. The van der Waals surface area contributed by atoms with E-state index in [0.29, 0.717) is 12.0 Å². The molecule has 3 aliphatic rings. The Bertz CT molecular complexity index is 1230. The summed E-state index contributed by atoms with van der Waals surface area (Å²) in [7, 11) is 0. The van der Waals surface area contributed by atoms with Crippen LogP contribution in [-0.2, 0) is 19.1 Å². The van der Waals surface area contributed by atoms with Crippen molar-refractivity contribution in [1.29, 1.82) is 0 Å². The third-order valence-corrected chi connectivity index (χ3v) is 7.59. The van der Waals surface area contributed by atoms with Crippen molar-refractivity contribution in [3.05, 3.63) is 52.0 Å². The van der Waals surface area contributed by atoms with Crippen molar-refractivity contribution in [3.8, 4) is 5.75 Å². The lowest BCUT2D eigenvalue weighted by Gasteiger charge is -2.51. The van der Waals surface area contributed by atoms with Gasteiger partial charge >= 0.3 is 5.97 Å². The Morgan fingerprint density at radius 1 is 1.17 bits per heavy atom. The van der Waals surface area contributed by atoms with E-state index >= 15 is 0 Å². The van der Waals surface area contributed by atoms with Gasteiger partial charge in [0.15, 0.2) is 11.4 Å². The number of allylic oxidation sites excluding steroid dienone is 1. The van der Waals surface area contributed by atoms with E-state index in [9.17, 15) is 39.6 Å². The maximum absolute atomic E-state index is 13.6. The van der Waals surface area contributed by atoms with Crippen molar-refractivity contribution >= 4 is 23.4 Å². The van der Waals surface area contributed by atoms with Gasteiger partial charge in [-0.2, -0.15) is 0 Å². The second kappa shape index (κ2) is 9.09. The van der Waals surface area contributed by atoms with Gasteiger partial charge in [0.2, 0.25) is 5.78 Å². The minimum absolute atomic E-state index is 0.0508. The first-order chi connectivity index (χ1) is 17.0. The number of phenols is 1. The van der Waals surface area contributed by atoms with Crippen LogP contribution < -0.4 is 5.73 Å². The molecule has 10 nitrogen and oxygen atoms in total. The Balaban J connectivity index is 1.93. The Morgan fingerprint density at radius 3 is 2.50 bits per heavy atom. The highest BCUT2D eigenvalue weighted by molar-refractivity contribution is 6.24. The molecular weight excluding hydrogens is 470 g/mol. The number of fused-ring (bicyclic) bond motifs is 3. The highest BCUT2D eigenvalue weighted by Gasteiger charge is 2.65. The van der Waals surface area contributed by atoms with Crippen LogP contribution in [0.3, 0.4) is 0 Å². The zero-order valence-electron chi connectivity index (χ0n) is 20.0. The zero-order chi connectivity index (χ0) is 26.5. The molecular formula is C26H29NO9. The molecule has 5 atom stereocenters. The molecule has 4 rings (SSSR count). The monoisotopic (exact) mass is 499 g/mol. The molecule has 192 valence electrons. The molecule has 1 aromatic carbocycles. The molecule has 6 N–H and O–H groups in total. The molecule has 1 aromatic rings. The molecule has 0 heterocycles. The summed E-state index contributed by atoms with van der Waals surface area (Å²) in [6, 6.07) is 4.47. The van der Waals surface area contributed by atoms with E-state index in [2.05, 4.69) is 0 Å². The van der Waals surface area contributed by atoms with Crippen molar-refractivity contribution < 1.29 is 44.3 Å². The number of carbonyl (C=O) groups is 4. The molecule has 3 aliphatic carbocycles. The van der Waals surface area contributed by atoms with Crippen LogP contribution in [0.4, 0.5) is 0 Å². The van der Waals surface area contributed by atoms with Crippen LogP contribution in [0.25, 0.3) is 0 Å². The number of carbonyl (C=O) groups excluding carboxylic acids is 4. The van der Waals surface area contributed by atoms with Gasteiger partial charge < -0.3 is 30.9 Å². The highest BCUT2D eigenvalue weighted by Crippen LogP contribution is 2.55. The average Bonchev–Trinajstić information content (AvgIpc) is 2.81.